The summed E-state index contributed by atoms with van der Waals surface area (Å²) >= 11 is 0. The van der Waals surface area contributed by atoms with Crippen LogP contribution >= 0.6 is 0 Å². The van der Waals surface area contributed by atoms with Crippen LogP contribution in [0.1, 0.15) is 44.1 Å². The molecule has 0 atom stereocenters. The van der Waals surface area contributed by atoms with E-state index in [4.69, 9.17) is 0 Å². The van der Waals surface area contributed by atoms with Gasteiger partial charge in [-0.15, -0.1) is 0 Å². The van der Waals surface area contributed by atoms with Crippen LogP contribution in [0.2, 0.25) is 0 Å². The SMILES string of the molecule is O=C(Cc1ccc2ccccc2c1)NC1CCCCCC1. The van der Waals surface area contributed by atoms with Crippen molar-refractivity contribution in [1.29, 1.82) is 0 Å². The van der Waals surface area contributed by atoms with E-state index >= 15 is 0 Å². The van der Waals surface area contributed by atoms with Crippen LogP contribution in [-0.2, 0) is 11.2 Å². The van der Waals surface area contributed by atoms with Crippen molar-refractivity contribution in [3.05, 3.63) is 48.0 Å². The third-order valence-electron chi connectivity index (χ3n) is 4.40. The minimum Gasteiger partial charge on any atom is -0.353 e. The molecule has 0 aliphatic heterocycles. The molecule has 1 aliphatic rings. The standard InChI is InChI=1S/C19H23NO/c21-19(20-18-9-3-1-2-4-10-18)14-15-11-12-16-7-5-6-8-17(16)13-15/h5-8,11-13,18H,1-4,9-10,14H2,(H,20,21). The minimum absolute atomic E-state index is 0.164. The van der Waals surface area contributed by atoms with Crippen LogP contribution in [0.25, 0.3) is 10.8 Å². The van der Waals surface area contributed by atoms with Crippen LogP contribution < -0.4 is 5.32 Å². The first-order valence-electron chi connectivity index (χ1n) is 8.08. The molecule has 2 aromatic rings. The number of carbonyl (C=O) groups is 1. The van der Waals surface area contributed by atoms with E-state index in [0.717, 1.165) is 18.4 Å². The number of nitrogens with one attached hydrogen (secondary N) is 1. The first kappa shape index (κ1) is 14.1. The molecule has 1 aliphatic carbocycles. The van der Waals surface area contributed by atoms with Gasteiger partial charge < -0.3 is 5.32 Å². The molecule has 0 bridgehead atoms. The third-order valence-corrected chi connectivity index (χ3v) is 4.40. The van der Waals surface area contributed by atoms with Gasteiger partial charge in [0.05, 0.1) is 6.42 Å². The van der Waals surface area contributed by atoms with E-state index in [1.165, 1.54) is 36.5 Å². The van der Waals surface area contributed by atoms with Gasteiger partial charge in [0.25, 0.3) is 0 Å². The number of fused-ring (bicyclic) bond motifs is 1. The van der Waals surface area contributed by atoms with Gasteiger partial charge in [-0.25, -0.2) is 0 Å². The normalized spacial score (nSPS) is 16.6. The van der Waals surface area contributed by atoms with Crippen molar-refractivity contribution in [3.8, 4) is 0 Å². The molecular weight excluding hydrogens is 258 g/mol. The smallest absolute Gasteiger partial charge is 0.224 e. The van der Waals surface area contributed by atoms with Crippen LogP contribution in [0.3, 0.4) is 0 Å². The molecular formula is C19H23NO. The summed E-state index contributed by atoms with van der Waals surface area (Å²) in [5.74, 6) is 0.164. The van der Waals surface area contributed by atoms with Crippen molar-refractivity contribution in [2.45, 2.75) is 51.0 Å². The molecule has 1 N–H and O–H groups in total. The number of hydrogen-bond donors (Lipinski definition) is 1. The first-order chi connectivity index (χ1) is 10.3. The summed E-state index contributed by atoms with van der Waals surface area (Å²) in [6.07, 6.45) is 7.91. The molecule has 0 aromatic heterocycles. The summed E-state index contributed by atoms with van der Waals surface area (Å²) < 4.78 is 0. The fraction of sp³-hybridized carbons (Fsp3) is 0.421. The van der Waals surface area contributed by atoms with E-state index in [1.54, 1.807) is 0 Å². The number of amides is 1. The van der Waals surface area contributed by atoms with E-state index in [1.807, 2.05) is 12.1 Å². The van der Waals surface area contributed by atoms with E-state index in [0.29, 0.717) is 12.5 Å². The molecule has 2 aromatic carbocycles. The fourth-order valence-electron chi connectivity index (χ4n) is 3.24. The maximum absolute atomic E-state index is 12.2. The Morgan fingerprint density at radius 1 is 0.952 bits per heavy atom. The molecule has 1 fully saturated rings. The Hall–Kier alpha value is -1.83. The quantitative estimate of drug-likeness (QED) is 0.838. The Labute approximate surface area is 126 Å². The monoisotopic (exact) mass is 281 g/mol. The zero-order chi connectivity index (χ0) is 14.5. The number of carbonyl (C=O) groups excluding carboxylic acids is 1. The summed E-state index contributed by atoms with van der Waals surface area (Å²) in [5, 5.41) is 5.65. The molecule has 1 saturated carbocycles. The molecule has 0 spiro atoms. The van der Waals surface area contributed by atoms with Crippen molar-refractivity contribution in [3.63, 3.8) is 0 Å². The lowest BCUT2D eigenvalue weighted by molar-refractivity contribution is -0.121. The molecule has 110 valence electrons. The third kappa shape index (κ3) is 3.84. The average molecular weight is 281 g/mol. The maximum Gasteiger partial charge on any atom is 0.224 e. The Kier molecular flexibility index (Phi) is 4.54. The lowest BCUT2D eigenvalue weighted by Crippen LogP contribution is -2.35. The molecule has 3 rings (SSSR count). The second-order valence-corrected chi connectivity index (χ2v) is 6.11. The summed E-state index contributed by atoms with van der Waals surface area (Å²) in [4.78, 5) is 12.2. The largest absolute Gasteiger partial charge is 0.353 e. The number of hydrogen-bond acceptors (Lipinski definition) is 1. The molecule has 0 unspecified atom stereocenters. The van der Waals surface area contributed by atoms with Crippen molar-refractivity contribution in [1.82, 2.24) is 5.32 Å². The Morgan fingerprint density at radius 2 is 1.67 bits per heavy atom. The lowest BCUT2D eigenvalue weighted by atomic mass is 10.0. The average Bonchev–Trinajstić information content (AvgIpc) is 2.75. The topological polar surface area (TPSA) is 29.1 Å². The van der Waals surface area contributed by atoms with E-state index in [-0.39, 0.29) is 5.91 Å². The number of benzene rings is 2. The molecule has 2 nitrogen and oxygen atoms in total. The summed E-state index contributed by atoms with van der Waals surface area (Å²) in [6.45, 7) is 0. The highest BCUT2D eigenvalue weighted by atomic mass is 16.1. The summed E-state index contributed by atoms with van der Waals surface area (Å²) in [5.41, 5.74) is 1.10. The lowest BCUT2D eigenvalue weighted by Gasteiger charge is -2.16. The van der Waals surface area contributed by atoms with Gasteiger partial charge in [0.15, 0.2) is 0 Å². The van der Waals surface area contributed by atoms with Crippen LogP contribution in [0.4, 0.5) is 0 Å². The van der Waals surface area contributed by atoms with Crippen molar-refractivity contribution >= 4 is 16.7 Å². The van der Waals surface area contributed by atoms with Crippen LogP contribution in [0, 0.1) is 0 Å². The molecule has 1 amide bonds. The maximum atomic E-state index is 12.2. The highest BCUT2D eigenvalue weighted by Gasteiger charge is 2.14. The summed E-state index contributed by atoms with van der Waals surface area (Å²) in [6, 6.07) is 15.0. The van der Waals surface area contributed by atoms with Gasteiger partial charge in [-0.1, -0.05) is 68.1 Å². The van der Waals surface area contributed by atoms with Crippen LogP contribution in [0.5, 0.6) is 0 Å². The molecule has 0 heterocycles. The molecule has 0 radical (unpaired) electrons. The highest BCUT2D eigenvalue weighted by molar-refractivity contribution is 5.85. The second kappa shape index (κ2) is 6.75. The summed E-state index contributed by atoms with van der Waals surface area (Å²) in [7, 11) is 0. The fourth-order valence-corrected chi connectivity index (χ4v) is 3.24. The predicted molar refractivity (Wildman–Crippen MR) is 87.3 cm³/mol. The van der Waals surface area contributed by atoms with Crippen molar-refractivity contribution in [2.24, 2.45) is 0 Å². The first-order valence-corrected chi connectivity index (χ1v) is 8.08. The van der Waals surface area contributed by atoms with Gasteiger partial charge in [-0.3, -0.25) is 4.79 Å². The minimum atomic E-state index is 0.164. The van der Waals surface area contributed by atoms with Gasteiger partial charge in [-0.05, 0) is 29.2 Å². The van der Waals surface area contributed by atoms with Crippen LogP contribution in [0.15, 0.2) is 42.5 Å². The van der Waals surface area contributed by atoms with Gasteiger partial charge in [0, 0.05) is 6.04 Å². The van der Waals surface area contributed by atoms with Gasteiger partial charge in [-0.2, -0.15) is 0 Å². The second-order valence-electron chi connectivity index (χ2n) is 6.11. The van der Waals surface area contributed by atoms with E-state index < -0.39 is 0 Å². The predicted octanol–water partition coefficient (Wildman–Crippen LogP) is 4.22. The van der Waals surface area contributed by atoms with Gasteiger partial charge >= 0.3 is 0 Å². The molecule has 21 heavy (non-hydrogen) atoms. The van der Waals surface area contributed by atoms with E-state index in [9.17, 15) is 4.79 Å². The Bertz CT molecular complexity index is 612. The van der Waals surface area contributed by atoms with E-state index in [2.05, 4.69) is 35.6 Å². The van der Waals surface area contributed by atoms with Crippen LogP contribution in [-0.4, -0.2) is 11.9 Å². The Balaban J connectivity index is 1.62. The van der Waals surface area contributed by atoms with Gasteiger partial charge in [0.2, 0.25) is 5.91 Å². The van der Waals surface area contributed by atoms with Crippen molar-refractivity contribution < 1.29 is 4.79 Å². The highest BCUT2D eigenvalue weighted by Crippen LogP contribution is 2.18. The zero-order valence-electron chi connectivity index (χ0n) is 12.5. The Morgan fingerprint density at radius 3 is 2.43 bits per heavy atom. The zero-order valence-corrected chi connectivity index (χ0v) is 12.5. The molecule has 2 heteroatoms. The van der Waals surface area contributed by atoms with Crippen molar-refractivity contribution in [2.75, 3.05) is 0 Å². The van der Waals surface area contributed by atoms with Gasteiger partial charge in [0.1, 0.15) is 0 Å². The molecule has 0 saturated heterocycles. The number of rotatable bonds is 3.